The molecule has 2 N–H and O–H groups in total. The summed E-state index contributed by atoms with van der Waals surface area (Å²) in [6.07, 6.45) is 5.41. The molecule has 0 spiro atoms. The summed E-state index contributed by atoms with van der Waals surface area (Å²) in [6, 6.07) is 8.86. The fraction of sp³-hybridized carbons (Fsp3) is 0.600. The molecule has 1 saturated carbocycles. The van der Waals surface area contributed by atoms with Gasteiger partial charge in [-0.3, -0.25) is 0 Å². The molecule has 94 valence electrons. The molecule has 0 amide bonds. The lowest BCUT2D eigenvalue weighted by atomic mass is 9.86. The Morgan fingerprint density at radius 2 is 2.00 bits per heavy atom. The SMILES string of the molecule is CC1CCCCC1NCc1cccc(CO)c1. The van der Waals surface area contributed by atoms with Crippen LogP contribution in [-0.4, -0.2) is 11.1 Å². The Labute approximate surface area is 104 Å². The van der Waals surface area contributed by atoms with E-state index in [1.165, 1.54) is 31.2 Å². The van der Waals surface area contributed by atoms with Crippen molar-refractivity contribution >= 4 is 0 Å². The van der Waals surface area contributed by atoms with Crippen LogP contribution in [0.25, 0.3) is 0 Å². The van der Waals surface area contributed by atoms with Crippen LogP contribution in [0, 0.1) is 5.92 Å². The summed E-state index contributed by atoms with van der Waals surface area (Å²) in [5.74, 6) is 0.796. The first-order chi connectivity index (χ1) is 8.29. The van der Waals surface area contributed by atoms with E-state index in [0.29, 0.717) is 6.04 Å². The molecule has 17 heavy (non-hydrogen) atoms. The van der Waals surface area contributed by atoms with Gasteiger partial charge in [0, 0.05) is 12.6 Å². The average Bonchev–Trinajstić information content (AvgIpc) is 2.38. The smallest absolute Gasteiger partial charge is 0.0681 e. The number of hydrogen-bond donors (Lipinski definition) is 2. The minimum absolute atomic E-state index is 0.133. The Morgan fingerprint density at radius 1 is 1.24 bits per heavy atom. The highest BCUT2D eigenvalue weighted by Gasteiger charge is 2.20. The Hall–Kier alpha value is -0.860. The van der Waals surface area contributed by atoms with Gasteiger partial charge in [0.2, 0.25) is 0 Å². The van der Waals surface area contributed by atoms with Gasteiger partial charge in [-0.2, -0.15) is 0 Å². The first-order valence-electron chi connectivity index (χ1n) is 6.71. The number of aliphatic hydroxyl groups excluding tert-OH is 1. The van der Waals surface area contributed by atoms with Crippen LogP contribution in [0.4, 0.5) is 0 Å². The standard InChI is InChI=1S/C15H23NO/c1-12-5-2-3-8-15(12)16-10-13-6-4-7-14(9-13)11-17/h4,6-7,9,12,15-17H,2-3,5,8,10-11H2,1H3. The van der Waals surface area contributed by atoms with Crippen molar-refractivity contribution in [2.75, 3.05) is 0 Å². The first-order valence-corrected chi connectivity index (χ1v) is 6.71. The van der Waals surface area contributed by atoms with Gasteiger partial charge in [0.1, 0.15) is 0 Å². The van der Waals surface area contributed by atoms with Gasteiger partial charge in [-0.15, -0.1) is 0 Å². The van der Waals surface area contributed by atoms with E-state index in [4.69, 9.17) is 5.11 Å². The molecule has 1 aliphatic rings. The third-order valence-corrected chi connectivity index (χ3v) is 3.85. The van der Waals surface area contributed by atoms with Crippen LogP contribution < -0.4 is 5.32 Å². The van der Waals surface area contributed by atoms with Crippen molar-refractivity contribution in [1.82, 2.24) is 5.32 Å². The molecule has 2 nitrogen and oxygen atoms in total. The number of rotatable bonds is 4. The monoisotopic (exact) mass is 233 g/mol. The molecule has 1 fully saturated rings. The summed E-state index contributed by atoms with van der Waals surface area (Å²) >= 11 is 0. The van der Waals surface area contributed by atoms with Gasteiger partial charge in [-0.25, -0.2) is 0 Å². The molecule has 0 saturated heterocycles. The van der Waals surface area contributed by atoms with Crippen molar-refractivity contribution in [3.8, 4) is 0 Å². The fourth-order valence-electron chi connectivity index (χ4n) is 2.71. The highest BCUT2D eigenvalue weighted by Crippen LogP contribution is 2.24. The van der Waals surface area contributed by atoms with Crippen molar-refractivity contribution in [2.45, 2.75) is 51.8 Å². The van der Waals surface area contributed by atoms with Crippen molar-refractivity contribution in [3.05, 3.63) is 35.4 Å². The van der Waals surface area contributed by atoms with Gasteiger partial charge in [0.15, 0.2) is 0 Å². The topological polar surface area (TPSA) is 32.3 Å². The van der Waals surface area contributed by atoms with E-state index in [-0.39, 0.29) is 6.61 Å². The second kappa shape index (κ2) is 6.18. The Balaban J connectivity index is 1.88. The molecule has 0 radical (unpaired) electrons. The lowest BCUT2D eigenvalue weighted by Gasteiger charge is -2.29. The van der Waals surface area contributed by atoms with Crippen LogP contribution in [0.2, 0.25) is 0 Å². The minimum Gasteiger partial charge on any atom is -0.392 e. The molecule has 2 rings (SSSR count). The highest BCUT2D eigenvalue weighted by molar-refractivity contribution is 5.22. The number of hydrogen-bond acceptors (Lipinski definition) is 2. The Bertz CT molecular complexity index is 351. The van der Waals surface area contributed by atoms with E-state index >= 15 is 0 Å². The number of nitrogens with one attached hydrogen (secondary N) is 1. The molecule has 0 bridgehead atoms. The van der Waals surface area contributed by atoms with Crippen molar-refractivity contribution in [3.63, 3.8) is 0 Å². The van der Waals surface area contributed by atoms with Crippen LogP contribution in [0.3, 0.4) is 0 Å². The van der Waals surface area contributed by atoms with Gasteiger partial charge in [-0.05, 0) is 29.9 Å². The Morgan fingerprint density at radius 3 is 2.76 bits per heavy atom. The van der Waals surface area contributed by atoms with E-state index in [1.54, 1.807) is 0 Å². The molecule has 2 unspecified atom stereocenters. The number of aliphatic hydroxyl groups is 1. The molecule has 0 aromatic heterocycles. The van der Waals surface area contributed by atoms with Gasteiger partial charge in [0.05, 0.1) is 6.61 Å². The minimum atomic E-state index is 0.133. The normalized spacial score (nSPS) is 24.8. The van der Waals surface area contributed by atoms with Crippen molar-refractivity contribution < 1.29 is 5.11 Å². The van der Waals surface area contributed by atoms with Crippen LogP contribution in [-0.2, 0) is 13.2 Å². The predicted molar refractivity (Wildman–Crippen MR) is 70.6 cm³/mol. The zero-order valence-corrected chi connectivity index (χ0v) is 10.7. The summed E-state index contributed by atoms with van der Waals surface area (Å²) in [4.78, 5) is 0. The molecule has 1 aromatic carbocycles. The van der Waals surface area contributed by atoms with E-state index in [9.17, 15) is 0 Å². The van der Waals surface area contributed by atoms with Gasteiger partial charge >= 0.3 is 0 Å². The van der Waals surface area contributed by atoms with E-state index in [1.807, 2.05) is 12.1 Å². The van der Waals surface area contributed by atoms with Gasteiger partial charge < -0.3 is 10.4 Å². The second-order valence-corrected chi connectivity index (χ2v) is 5.23. The van der Waals surface area contributed by atoms with Gasteiger partial charge in [-0.1, -0.05) is 44.0 Å². The molecule has 2 atom stereocenters. The summed E-state index contributed by atoms with van der Waals surface area (Å²) in [5.41, 5.74) is 2.27. The lowest BCUT2D eigenvalue weighted by molar-refractivity contribution is 0.277. The van der Waals surface area contributed by atoms with E-state index in [0.717, 1.165) is 18.0 Å². The van der Waals surface area contributed by atoms with E-state index < -0.39 is 0 Å². The molecular weight excluding hydrogens is 210 g/mol. The Kier molecular flexibility index (Phi) is 4.57. The average molecular weight is 233 g/mol. The summed E-state index contributed by atoms with van der Waals surface area (Å²) in [7, 11) is 0. The van der Waals surface area contributed by atoms with Crippen LogP contribution in [0.1, 0.15) is 43.7 Å². The lowest BCUT2D eigenvalue weighted by Crippen LogP contribution is -2.36. The van der Waals surface area contributed by atoms with Crippen LogP contribution in [0.5, 0.6) is 0 Å². The molecule has 0 heterocycles. The zero-order valence-electron chi connectivity index (χ0n) is 10.7. The molecule has 2 heteroatoms. The zero-order chi connectivity index (χ0) is 12.1. The third kappa shape index (κ3) is 3.55. The maximum absolute atomic E-state index is 9.10. The van der Waals surface area contributed by atoms with Crippen molar-refractivity contribution in [2.24, 2.45) is 5.92 Å². The van der Waals surface area contributed by atoms with Gasteiger partial charge in [0.25, 0.3) is 0 Å². The van der Waals surface area contributed by atoms with Crippen LogP contribution in [0.15, 0.2) is 24.3 Å². The summed E-state index contributed by atoms with van der Waals surface area (Å²) < 4.78 is 0. The van der Waals surface area contributed by atoms with Crippen LogP contribution >= 0.6 is 0 Å². The van der Waals surface area contributed by atoms with Crippen molar-refractivity contribution in [1.29, 1.82) is 0 Å². The predicted octanol–water partition coefficient (Wildman–Crippen LogP) is 2.85. The number of benzene rings is 1. The molecule has 0 aliphatic heterocycles. The molecule has 1 aromatic rings. The first kappa shape index (κ1) is 12.6. The fourth-order valence-corrected chi connectivity index (χ4v) is 2.71. The quantitative estimate of drug-likeness (QED) is 0.838. The maximum atomic E-state index is 9.10. The molecular formula is C15H23NO. The molecule has 1 aliphatic carbocycles. The largest absolute Gasteiger partial charge is 0.392 e. The second-order valence-electron chi connectivity index (χ2n) is 5.23. The highest BCUT2D eigenvalue weighted by atomic mass is 16.3. The third-order valence-electron chi connectivity index (χ3n) is 3.85. The van der Waals surface area contributed by atoms with E-state index in [2.05, 4.69) is 24.4 Å². The maximum Gasteiger partial charge on any atom is 0.0681 e. The summed E-state index contributed by atoms with van der Waals surface area (Å²) in [6.45, 7) is 3.40. The summed E-state index contributed by atoms with van der Waals surface area (Å²) in [5, 5.41) is 12.8.